The zero-order valence-electron chi connectivity index (χ0n) is 15.0. The molecule has 5 nitrogen and oxygen atoms in total. The Morgan fingerprint density at radius 1 is 1.42 bits per heavy atom. The lowest BCUT2D eigenvalue weighted by atomic mass is 9.86. The molecule has 1 aliphatic heterocycles. The normalized spacial score (nSPS) is 18.5. The summed E-state index contributed by atoms with van der Waals surface area (Å²) in [4.78, 5) is 11.4. The Balaban J connectivity index is 2.17. The number of anilines is 1. The van der Waals surface area contributed by atoms with E-state index in [0.29, 0.717) is 18.4 Å². The van der Waals surface area contributed by atoms with Crippen LogP contribution in [0.4, 0.5) is 5.69 Å². The number of carbonyl (C=O) groups excluding carboxylic acids is 1. The minimum absolute atomic E-state index is 0.152. The molecule has 1 aromatic rings. The van der Waals surface area contributed by atoms with Gasteiger partial charge in [-0.1, -0.05) is 11.1 Å². The van der Waals surface area contributed by atoms with Crippen molar-refractivity contribution >= 4 is 11.6 Å². The highest BCUT2D eigenvalue weighted by molar-refractivity contribution is 5.93. The molecule has 2 atom stereocenters. The molecule has 132 valence electrons. The zero-order chi connectivity index (χ0) is 17.9. The second kappa shape index (κ2) is 7.36. The molecule has 0 bridgehead atoms. The van der Waals surface area contributed by atoms with Crippen LogP contribution in [-0.2, 0) is 11.2 Å². The predicted octanol–water partition coefficient (Wildman–Crippen LogP) is 2.64. The number of allylic oxidation sites excluding steroid dienone is 2. The maximum absolute atomic E-state index is 11.4. The molecule has 0 fully saturated rings. The van der Waals surface area contributed by atoms with E-state index in [1.165, 1.54) is 11.1 Å². The Bertz CT molecular complexity index is 650. The number of aliphatic hydroxyl groups is 1. The van der Waals surface area contributed by atoms with Crippen molar-refractivity contribution in [1.82, 2.24) is 0 Å². The number of amides is 1. The number of primary amides is 1. The Morgan fingerprint density at radius 2 is 2.12 bits per heavy atom. The van der Waals surface area contributed by atoms with E-state index in [9.17, 15) is 9.90 Å². The third kappa shape index (κ3) is 3.97. The second-order valence-electron chi connectivity index (χ2n) is 6.95. The van der Waals surface area contributed by atoms with Crippen molar-refractivity contribution < 1.29 is 14.6 Å². The van der Waals surface area contributed by atoms with Crippen LogP contribution in [0.3, 0.4) is 0 Å². The lowest BCUT2D eigenvalue weighted by molar-refractivity contribution is -0.0489. The van der Waals surface area contributed by atoms with Gasteiger partial charge in [-0.15, -0.1) is 0 Å². The number of ether oxygens (including phenoxy) is 1. The van der Waals surface area contributed by atoms with Crippen molar-refractivity contribution in [2.75, 3.05) is 19.0 Å². The number of hydrogen-bond donors (Lipinski definition) is 3. The van der Waals surface area contributed by atoms with Crippen molar-refractivity contribution in [3.8, 4) is 0 Å². The number of rotatable bonds is 7. The summed E-state index contributed by atoms with van der Waals surface area (Å²) >= 11 is 0. The van der Waals surface area contributed by atoms with Gasteiger partial charge in [0.05, 0.1) is 12.6 Å². The molecule has 0 saturated heterocycles. The fourth-order valence-electron chi connectivity index (χ4n) is 3.09. The Labute approximate surface area is 143 Å². The number of nitrogens with one attached hydrogen (secondary N) is 1. The molecule has 0 aliphatic carbocycles. The average Bonchev–Trinajstić information content (AvgIpc) is 2.96. The summed E-state index contributed by atoms with van der Waals surface area (Å²) in [7, 11) is 1.60. The number of nitrogens with two attached hydrogens (primary N) is 1. The molecule has 5 heteroatoms. The highest BCUT2D eigenvalue weighted by atomic mass is 16.5. The molecule has 24 heavy (non-hydrogen) atoms. The lowest BCUT2D eigenvalue weighted by Gasteiger charge is -2.34. The summed E-state index contributed by atoms with van der Waals surface area (Å²) in [6, 6.07) is 5.21. The molecule has 0 radical (unpaired) electrons. The standard InChI is InChI=1S/C19H28N2O3/c1-12(2)13(3)7-8-19(23,11-24-4)17-10-15-9-14(18(20)22)5-6-16(15)21-17/h5-6,9,17,21,23H,7-8,10-11H2,1-4H3,(H2,20,22). The van der Waals surface area contributed by atoms with Crippen LogP contribution in [0.15, 0.2) is 29.3 Å². The molecule has 1 amide bonds. The maximum Gasteiger partial charge on any atom is 0.248 e. The van der Waals surface area contributed by atoms with E-state index in [4.69, 9.17) is 10.5 Å². The predicted molar refractivity (Wildman–Crippen MR) is 96.2 cm³/mol. The van der Waals surface area contributed by atoms with Crippen molar-refractivity contribution in [2.45, 2.75) is 51.7 Å². The highest BCUT2D eigenvalue weighted by Crippen LogP contribution is 2.34. The lowest BCUT2D eigenvalue weighted by Crippen LogP contribution is -2.49. The van der Waals surface area contributed by atoms with Crippen LogP contribution in [-0.4, -0.2) is 36.4 Å². The second-order valence-corrected chi connectivity index (χ2v) is 6.95. The van der Waals surface area contributed by atoms with E-state index in [2.05, 4.69) is 26.1 Å². The molecule has 1 aliphatic rings. The summed E-state index contributed by atoms with van der Waals surface area (Å²) < 4.78 is 5.29. The topological polar surface area (TPSA) is 84.6 Å². The maximum atomic E-state index is 11.4. The quantitative estimate of drug-likeness (QED) is 0.670. The van der Waals surface area contributed by atoms with Crippen molar-refractivity contribution in [2.24, 2.45) is 5.73 Å². The van der Waals surface area contributed by atoms with Crippen LogP contribution in [0, 0.1) is 0 Å². The van der Waals surface area contributed by atoms with Crippen molar-refractivity contribution in [3.05, 3.63) is 40.5 Å². The van der Waals surface area contributed by atoms with E-state index in [1.807, 2.05) is 6.07 Å². The summed E-state index contributed by atoms with van der Waals surface area (Å²) in [6.07, 6.45) is 2.08. The van der Waals surface area contributed by atoms with Gasteiger partial charge in [0.25, 0.3) is 0 Å². The summed E-state index contributed by atoms with van der Waals surface area (Å²) in [6.45, 7) is 6.52. The molecule has 4 N–H and O–H groups in total. The van der Waals surface area contributed by atoms with Crippen LogP contribution < -0.4 is 11.1 Å². The Hall–Kier alpha value is -1.85. The third-order valence-electron chi connectivity index (χ3n) is 4.97. The van der Waals surface area contributed by atoms with Gasteiger partial charge in [-0.05, 0) is 63.8 Å². The van der Waals surface area contributed by atoms with E-state index < -0.39 is 11.5 Å². The number of hydrogen-bond acceptors (Lipinski definition) is 4. The van der Waals surface area contributed by atoms with E-state index in [-0.39, 0.29) is 12.6 Å². The first kappa shape index (κ1) is 18.5. The fourth-order valence-corrected chi connectivity index (χ4v) is 3.09. The first-order valence-corrected chi connectivity index (χ1v) is 8.30. The molecular weight excluding hydrogens is 304 g/mol. The SMILES string of the molecule is COCC(O)(CCC(C)=C(C)C)C1Cc2cc(C(N)=O)ccc2N1. The van der Waals surface area contributed by atoms with Crippen LogP contribution >= 0.6 is 0 Å². The van der Waals surface area contributed by atoms with Gasteiger partial charge in [0.2, 0.25) is 5.91 Å². The van der Waals surface area contributed by atoms with Gasteiger partial charge in [-0.25, -0.2) is 0 Å². The highest BCUT2D eigenvalue weighted by Gasteiger charge is 2.40. The minimum atomic E-state index is -0.975. The number of methoxy groups -OCH3 is 1. The first-order chi connectivity index (χ1) is 11.3. The first-order valence-electron chi connectivity index (χ1n) is 8.30. The largest absolute Gasteiger partial charge is 0.385 e. The van der Waals surface area contributed by atoms with Gasteiger partial charge in [0.1, 0.15) is 5.60 Å². The molecular formula is C19H28N2O3. The smallest absolute Gasteiger partial charge is 0.248 e. The monoisotopic (exact) mass is 332 g/mol. The molecule has 2 unspecified atom stereocenters. The summed E-state index contributed by atoms with van der Waals surface area (Å²) in [5.74, 6) is -0.437. The number of fused-ring (bicyclic) bond motifs is 1. The number of carbonyl (C=O) groups is 1. The number of benzene rings is 1. The molecule has 0 saturated carbocycles. The van der Waals surface area contributed by atoms with Crippen LogP contribution in [0.5, 0.6) is 0 Å². The van der Waals surface area contributed by atoms with Crippen LogP contribution in [0.25, 0.3) is 0 Å². The van der Waals surface area contributed by atoms with E-state index >= 15 is 0 Å². The van der Waals surface area contributed by atoms with Gasteiger partial charge in [-0.2, -0.15) is 0 Å². The Morgan fingerprint density at radius 3 is 2.71 bits per heavy atom. The third-order valence-corrected chi connectivity index (χ3v) is 4.97. The fraction of sp³-hybridized carbons (Fsp3) is 0.526. The summed E-state index contributed by atoms with van der Waals surface area (Å²) in [5.41, 5.74) is 9.39. The van der Waals surface area contributed by atoms with Gasteiger partial charge in [0.15, 0.2) is 0 Å². The minimum Gasteiger partial charge on any atom is -0.385 e. The van der Waals surface area contributed by atoms with Gasteiger partial charge in [0, 0.05) is 18.4 Å². The van der Waals surface area contributed by atoms with E-state index in [1.54, 1.807) is 19.2 Å². The average molecular weight is 332 g/mol. The van der Waals surface area contributed by atoms with Gasteiger partial charge >= 0.3 is 0 Å². The molecule has 2 rings (SSSR count). The molecule has 1 heterocycles. The van der Waals surface area contributed by atoms with Gasteiger partial charge in [-0.3, -0.25) is 4.79 Å². The zero-order valence-corrected chi connectivity index (χ0v) is 15.0. The van der Waals surface area contributed by atoms with Crippen LogP contribution in [0.1, 0.15) is 49.5 Å². The molecule has 0 spiro atoms. The molecule has 1 aromatic carbocycles. The molecule has 0 aromatic heterocycles. The van der Waals surface area contributed by atoms with Crippen molar-refractivity contribution in [1.29, 1.82) is 0 Å². The van der Waals surface area contributed by atoms with E-state index in [0.717, 1.165) is 17.7 Å². The van der Waals surface area contributed by atoms with Crippen molar-refractivity contribution in [3.63, 3.8) is 0 Å². The van der Waals surface area contributed by atoms with Crippen LogP contribution in [0.2, 0.25) is 0 Å². The summed E-state index contributed by atoms with van der Waals surface area (Å²) in [5, 5.41) is 14.6. The van der Waals surface area contributed by atoms with Gasteiger partial charge < -0.3 is 20.9 Å². The Kier molecular flexibility index (Phi) is 5.67.